The lowest BCUT2D eigenvalue weighted by molar-refractivity contribution is -0.159. The Morgan fingerprint density at radius 1 is 1.03 bits per heavy atom. The lowest BCUT2D eigenvalue weighted by atomic mass is 10.0. The molecule has 1 saturated heterocycles. The van der Waals surface area contributed by atoms with Gasteiger partial charge < -0.3 is 14.0 Å². The maximum atomic E-state index is 12.2. The van der Waals surface area contributed by atoms with Crippen molar-refractivity contribution in [3.8, 4) is 0 Å². The number of hydrogen-bond acceptors (Lipinski definition) is 4. The zero-order chi connectivity index (χ0) is 22.0. The third-order valence-electron chi connectivity index (χ3n) is 5.81. The third kappa shape index (κ3) is 4.15. The molecule has 1 aliphatic rings. The minimum absolute atomic E-state index is 0.104. The Balaban J connectivity index is 1.38. The first kappa shape index (κ1) is 20.4. The van der Waals surface area contributed by atoms with Crippen LogP contribution in [0.25, 0.3) is 21.7 Å². The number of carbonyl (C=O) groups excluding carboxylic acids is 1. The van der Waals surface area contributed by atoms with Crippen LogP contribution in [0.4, 0.5) is 0 Å². The van der Waals surface area contributed by atoms with E-state index in [9.17, 15) is 4.79 Å². The quantitative estimate of drug-likeness (QED) is 0.365. The number of nitrogens with zero attached hydrogens (tertiary/aromatic N) is 2. The fourth-order valence-electron chi connectivity index (χ4n) is 4.29. The lowest BCUT2D eigenvalue weighted by Gasteiger charge is -2.20. The fraction of sp³-hybridized carbons (Fsp3) is 0.231. The summed E-state index contributed by atoms with van der Waals surface area (Å²) in [5.74, 6) is -1.11. The summed E-state index contributed by atoms with van der Waals surface area (Å²) in [6.45, 7) is 3.52. The van der Waals surface area contributed by atoms with Gasteiger partial charge in [0.2, 0.25) is 5.91 Å². The van der Waals surface area contributed by atoms with Crippen LogP contribution in [-0.4, -0.2) is 35.7 Å². The Hall–Kier alpha value is -3.48. The predicted molar refractivity (Wildman–Crippen MR) is 126 cm³/mol. The van der Waals surface area contributed by atoms with E-state index >= 15 is 0 Å². The first-order chi connectivity index (χ1) is 15.6. The van der Waals surface area contributed by atoms with E-state index in [1.165, 1.54) is 16.3 Å². The number of nitrogens with one attached hydrogen (secondary N) is 1. The van der Waals surface area contributed by atoms with Gasteiger partial charge in [0.1, 0.15) is 0 Å². The number of amides is 1. The molecule has 1 amide bonds. The molecule has 2 heterocycles. The molecule has 3 aromatic carbocycles. The van der Waals surface area contributed by atoms with Crippen LogP contribution in [0.2, 0.25) is 0 Å². The van der Waals surface area contributed by atoms with Gasteiger partial charge in [0.25, 0.3) is 0 Å². The standard InChI is InChI=1S/C26H25N3O3/c1-26(31-13-14-32-26)15-25(30)28-27-16-21-18-29(24-12-5-4-11-23(21)24)17-20-9-6-8-19-7-2-3-10-22(19)20/h2-12,16,18H,13-15,17H2,1H3,(H,28,30)/b27-16-. The maximum Gasteiger partial charge on any atom is 0.245 e. The summed E-state index contributed by atoms with van der Waals surface area (Å²) in [4.78, 5) is 12.2. The minimum Gasteiger partial charge on any atom is -0.347 e. The van der Waals surface area contributed by atoms with Crippen molar-refractivity contribution in [3.63, 3.8) is 0 Å². The summed E-state index contributed by atoms with van der Waals surface area (Å²) in [5, 5.41) is 7.75. The van der Waals surface area contributed by atoms with Crippen molar-refractivity contribution < 1.29 is 14.3 Å². The third-order valence-corrected chi connectivity index (χ3v) is 5.81. The molecule has 32 heavy (non-hydrogen) atoms. The average Bonchev–Trinajstić information content (AvgIpc) is 3.38. The van der Waals surface area contributed by atoms with Gasteiger partial charge in [-0.05, 0) is 29.3 Å². The zero-order valence-electron chi connectivity index (χ0n) is 18.0. The SMILES string of the molecule is CC1(CC(=O)N/N=C\c2cn(Cc3cccc4ccccc34)c3ccccc23)OCCO1. The summed E-state index contributed by atoms with van der Waals surface area (Å²) in [6, 6.07) is 23.0. The van der Waals surface area contributed by atoms with Gasteiger partial charge >= 0.3 is 0 Å². The predicted octanol–water partition coefficient (Wildman–Crippen LogP) is 4.45. The number of rotatable bonds is 6. The van der Waals surface area contributed by atoms with Crippen molar-refractivity contribution in [1.29, 1.82) is 0 Å². The maximum absolute atomic E-state index is 12.2. The first-order valence-electron chi connectivity index (χ1n) is 10.8. The van der Waals surface area contributed by atoms with Gasteiger partial charge in [0.05, 0.1) is 25.8 Å². The van der Waals surface area contributed by atoms with Crippen LogP contribution >= 0.6 is 0 Å². The van der Waals surface area contributed by atoms with Crippen molar-refractivity contribution in [3.05, 3.63) is 84.1 Å². The van der Waals surface area contributed by atoms with Gasteiger partial charge in [-0.1, -0.05) is 60.7 Å². The van der Waals surface area contributed by atoms with Crippen LogP contribution in [0.3, 0.4) is 0 Å². The Morgan fingerprint density at radius 2 is 1.75 bits per heavy atom. The number of fused-ring (bicyclic) bond motifs is 2. The van der Waals surface area contributed by atoms with Crippen molar-refractivity contribution in [1.82, 2.24) is 9.99 Å². The Bertz CT molecular complexity index is 1300. The van der Waals surface area contributed by atoms with Gasteiger partial charge in [-0.25, -0.2) is 5.43 Å². The molecule has 0 radical (unpaired) electrons. The summed E-state index contributed by atoms with van der Waals surface area (Å²) in [6.07, 6.45) is 3.87. The highest BCUT2D eigenvalue weighted by molar-refractivity contribution is 6.00. The topological polar surface area (TPSA) is 64.9 Å². The molecule has 0 saturated carbocycles. The summed E-state index contributed by atoms with van der Waals surface area (Å²) in [5.41, 5.74) is 5.91. The van der Waals surface area contributed by atoms with Gasteiger partial charge in [0, 0.05) is 29.2 Å². The van der Waals surface area contributed by atoms with Gasteiger partial charge in [-0.15, -0.1) is 0 Å². The molecule has 6 heteroatoms. The van der Waals surface area contributed by atoms with Crippen LogP contribution in [-0.2, 0) is 20.8 Å². The van der Waals surface area contributed by atoms with E-state index in [1.807, 2.05) is 12.1 Å². The molecule has 0 spiro atoms. The summed E-state index contributed by atoms with van der Waals surface area (Å²) < 4.78 is 13.2. The first-order valence-corrected chi connectivity index (χ1v) is 10.8. The molecule has 0 aliphatic carbocycles. The van der Waals surface area contributed by atoms with Crippen LogP contribution in [0, 0.1) is 0 Å². The van der Waals surface area contributed by atoms with Crippen molar-refractivity contribution in [2.45, 2.75) is 25.7 Å². The number of hydrazone groups is 1. The second kappa shape index (κ2) is 8.57. The molecule has 4 aromatic rings. The Morgan fingerprint density at radius 3 is 2.59 bits per heavy atom. The van der Waals surface area contributed by atoms with E-state index in [0.717, 1.165) is 23.0 Å². The average molecular weight is 428 g/mol. The molecule has 1 aromatic heterocycles. The van der Waals surface area contributed by atoms with E-state index in [2.05, 4.69) is 75.9 Å². The van der Waals surface area contributed by atoms with Crippen molar-refractivity contribution >= 4 is 33.8 Å². The number of ether oxygens (including phenoxy) is 2. The molecule has 0 atom stereocenters. The van der Waals surface area contributed by atoms with Gasteiger partial charge in [0.15, 0.2) is 5.79 Å². The lowest BCUT2D eigenvalue weighted by Crippen LogP contribution is -2.33. The van der Waals surface area contributed by atoms with E-state index in [-0.39, 0.29) is 12.3 Å². The van der Waals surface area contributed by atoms with Crippen LogP contribution < -0.4 is 5.43 Å². The summed E-state index contributed by atoms with van der Waals surface area (Å²) >= 11 is 0. The fourth-order valence-corrected chi connectivity index (χ4v) is 4.29. The number of hydrogen-bond donors (Lipinski definition) is 1. The van der Waals surface area contributed by atoms with E-state index in [0.29, 0.717) is 13.2 Å². The smallest absolute Gasteiger partial charge is 0.245 e. The van der Waals surface area contributed by atoms with E-state index in [4.69, 9.17) is 9.47 Å². The highest BCUT2D eigenvalue weighted by Crippen LogP contribution is 2.25. The second-order valence-electron chi connectivity index (χ2n) is 8.17. The molecule has 1 aliphatic heterocycles. The monoisotopic (exact) mass is 427 g/mol. The van der Waals surface area contributed by atoms with Gasteiger partial charge in [-0.3, -0.25) is 4.79 Å². The molecule has 0 unspecified atom stereocenters. The largest absolute Gasteiger partial charge is 0.347 e. The van der Waals surface area contributed by atoms with E-state index < -0.39 is 5.79 Å². The number of aromatic nitrogens is 1. The number of carbonyl (C=O) groups is 1. The van der Waals surface area contributed by atoms with Gasteiger partial charge in [-0.2, -0.15) is 5.10 Å². The normalized spacial score (nSPS) is 15.7. The van der Waals surface area contributed by atoms with Crippen molar-refractivity contribution in [2.24, 2.45) is 5.10 Å². The van der Waals surface area contributed by atoms with Crippen LogP contribution in [0.1, 0.15) is 24.5 Å². The molecular formula is C26H25N3O3. The molecule has 6 nitrogen and oxygen atoms in total. The second-order valence-corrected chi connectivity index (χ2v) is 8.17. The number of para-hydroxylation sites is 1. The zero-order valence-corrected chi connectivity index (χ0v) is 18.0. The van der Waals surface area contributed by atoms with Crippen LogP contribution in [0.5, 0.6) is 0 Å². The Kier molecular flexibility index (Phi) is 5.47. The summed E-state index contributed by atoms with van der Waals surface area (Å²) in [7, 11) is 0. The molecule has 162 valence electrons. The molecule has 1 fully saturated rings. The highest BCUT2D eigenvalue weighted by Gasteiger charge is 2.33. The number of benzene rings is 3. The molecule has 0 bridgehead atoms. The van der Waals surface area contributed by atoms with Crippen LogP contribution in [0.15, 0.2) is 78.0 Å². The van der Waals surface area contributed by atoms with Crippen molar-refractivity contribution in [2.75, 3.05) is 13.2 Å². The molecule has 5 rings (SSSR count). The highest BCUT2D eigenvalue weighted by atomic mass is 16.7. The molecule has 1 N–H and O–H groups in total. The minimum atomic E-state index is -0.867. The molecular weight excluding hydrogens is 402 g/mol. The van der Waals surface area contributed by atoms with E-state index in [1.54, 1.807) is 13.1 Å². The Labute approximate surface area is 186 Å².